The minimum atomic E-state index is -2.77. The molecular weight excluding hydrogens is 320 g/mol. The van der Waals surface area contributed by atoms with Gasteiger partial charge in [0.2, 0.25) is 0 Å². The Hall–Kier alpha value is -2.64. The van der Waals surface area contributed by atoms with E-state index in [1.807, 2.05) is 19.1 Å². The largest absolute Gasteiger partial charge is 0.486 e. The molecule has 1 aliphatic heterocycles. The summed E-state index contributed by atoms with van der Waals surface area (Å²) in [5.74, 6) is 0.868. The molecule has 24 heavy (non-hydrogen) atoms. The van der Waals surface area contributed by atoms with Crippen LogP contribution in [0, 0.1) is 0 Å². The maximum atomic E-state index is 12.6. The number of hydrogen-bond donors (Lipinski definition) is 0. The van der Waals surface area contributed by atoms with Gasteiger partial charge in [0.05, 0.1) is 6.04 Å². The molecule has 1 amide bonds. The van der Waals surface area contributed by atoms with Gasteiger partial charge in [0.25, 0.3) is 5.91 Å². The number of halogens is 2. The van der Waals surface area contributed by atoms with Gasteiger partial charge in [-0.25, -0.2) is 4.68 Å². The van der Waals surface area contributed by atoms with Gasteiger partial charge >= 0.3 is 6.55 Å². The molecule has 0 unspecified atom stereocenters. The number of amides is 1. The van der Waals surface area contributed by atoms with Gasteiger partial charge < -0.3 is 14.4 Å². The maximum Gasteiger partial charge on any atom is 0.333 e. The molecule has 0 aliphatic carbocycles. The molecule has 1 atom stereocenters. The number of nitrogens with zero attached hydrogens (tertiary/aromatic N) is 3. The average molecular weight is 337 g/mol. The zero-order valence-corrected chi connectivity index (χ0v) is 13.3. The van der Waals surface area contributed by atoms with Crippen molar-refractivity contribution in [2.75, 3.05) is 20.3 Å². The Balaban J connectivity index is 1.78. The van der Waals surface area contributed by atoms with E-state index < -0.39 is 12.5 Å². The van der Waals surface area contributed by atoms with Crippen LogP contribution >= 0.6 is 0 Å². The Morgan fingerprint density at radius 2 is 1.96 bits per heavy atom. The third-order valence-corrected chi connectivity index (χ3v) is 3.98. The van der Waals surface area contributed by atoms with Crippen LogP contribution in [0.4, 0.5) is 8.78 Å². The Morgan fingerprint density at radius 3 is 2.62 bits per heavy atom. The van der Waals surface area contributed by atoms with Crippen LogP contribution in [-0.4, -0.2) is 40.8 Å². The molecule has 1 aromatic heterocycles. The second kappa shape index (κ2) is 6.46. The summed E-state index contributed by atoms with van der Waals surface area (Å²) in [4.78, 5) is 13.9. The van der Waals surface area contributed by atoms with E-state index in [2.05, 4.69) is 5.10 Å². The first-order chi connectivity index (χ1) is 11.5. The monoisotopic (exact) mass is 337 g/mol. The van der Waals surface area contributed by atoms with Crippen LogP contribution in [-0.2, 0) is 0 Å². The molecule has 0 spiro atoms. The minimum absolute atomic E-state index is 0.0257. The van der Waals surface area contributed by atoms with E-state index in [-0.39, 0.29) is 11.7 Å². The van der Waals surface area contributed by atoms with Gasteiger partial charge in [0.1, 0.15) is 13.2 Å². The summed E-state index contributed by atoms with van der Waals surface area (Å²) in [6.45, 7) is 0.0533. The predicted octanol–water partition coefficient (Wildman–Crippen LogP) is 2.88. The van der Waals surface area contributed by atoms with Crippen molar-refractivity contribution in [2.45, 2.75) is 19.5 Å². The molecule has 1 aliphatic rings. The van der Waals surface area contributed by atoms with Crippen molar-refractivity contribution in [3.8, 4) is 11.5 Å². The second-order valence-corrected chi connectivity index (χ2v) is 5.45. The molecule has 8 heteroatoms. The van der Waals surface area contributed by atoms with E-state index in [0.717, 1.165) is 11.8 Å². The zero-order valence-electron chi connectivity index (χ0n) is 13.3. The lowest BCUT2D eigenvalue weighted by Gasteiger charge is -2.26. The fraction of sp³-hybridized carbons (Fsp3) is 0.375. The third-order valence-electron chi connectivity index (χ3n) is 3.98. The van der Waals surface area contributed by atoms with Crippen molar-refractivity contribution >= 4 is 5.91 Å². The second-order valence-electron chi connectivity index (χ2n) is 5.45. The number of ether oxygens (including phenoxy) is 2. The first kappa shape index (κ1) is 16.2. The van der Waals surface area contributed by atoms with E-state index in [1.165, 1.54) is 11.0 Å². The van der Waals surface area contributed by atoms with E-state index >= 15 is 0 Å². The highest BCUT2D eigenvalue weighted by molar-refractivity contribution is 5.92. The topological polar surface area (TPSA) is 56.6 Å². The first-order valence-electron chi connectivity index (χ1n) is 7.47. The maximum absolute atomic E-state index is 12.6. The third kappa shape index (κ3) is 3.04. The van der Waals surface area contributed by atoms with Crippen LogP contribution in [0.5, 0.6) is 11.5 Å². The Kier molecular flexibility index (Phi) is 4.37. The number of aromatic nitrogens is 2. The fourth-order valence-corrected chi connectivity index (χ4v) is 2.46. The van der Waals surface area contributed by atoms with Crippen LogP contribution in [0.3, 0.4) is 0 Å². The standard InChI is InChI=1S/C16H17F2N3O3/c1-10(11-3-4-13-14(9-11)24-8-7-23-13)20(2)15(22)12-5-6-21(19-12)16(17)18/h3-6,9-10,16H,7-8H2,1-2H3/t10-/m0/s1. The molecule has 128 valence electrons. The smallest absolute Gasteiger partial charge is 0.333 e. The van der Waals surface area contributed by atoms with Gasteiger partial charge in [-0.2, -0.15) is 13.9 Å². The number of fused-ring (bicyclic) bond motifs is 1. The predicted molar refractivity (Wildman–Crippen MR) is 81.4 cm³/mol. The van der Waals surface area contributed by atoms with Crippen molar-refractivity contribution in [1.82, 2.24) is 14.7 Å². The van der Waals surface area contributed by atoms with Crippen LogP contribution in [0.15, 0.2) is 30.5 Å². The molecule has 0 saturated carbocycles. The van der Waals surface area contributed by atoms with Crippen LogP contribution < -0.4 is 9.47 Å². The lowest BCUT2D eigenvalue weighted by Crippen LogP contribution is -2.30. The number of benzene rings is 1. The quantitative estimate of drug-likeness (QED) is 0.861. The van der Waals surface area contributed by atoms with Crippen molar-refractivity contribution < 1.29 is 23.0 Å². The molecule has 0 radical (unpaired) electrons. The van der Waals surface area contributed by atoms with Gasteiger partial charge in [0.15, 0.2) is 17.2 Å². The van der Waals surface area contributed by atoms with Gasteiger partial charge in [-0.15, -0.1) is 0 Å². The molecule has 0 fully saturated rings. The van der Waals surface area contributed by atoms with Crippen molar-refractivity contribution in [3.63, 3.8) is 0 Å². The zero-order chi connectivity index (χ0) is 17.3. The van der Waals surface area contributed by atoms with Crippen LogP contribution in [0.25, 0.3) is 0 Å². The summed E-state index contributed by atoms with van der Waals surface area (Å²) < 4.78 is 36.6. The summed E-state index contributed by atoms with van der Waals surface area (Å²) in [6.07, 6.45) is 1.08. The van der Waals surface area contributed by atoms with Gasteiger partial charge in [-0.1, -0.05) is 6.07 Å². The van der Waals surface area contributed by atoms with Crippen LogP contribution in [0.2, 0.25) is 0 Å². The molecule has 0 bridgehead atoms. The van der Waals surface area contributed by atoms with E-state index in [4.69, 9.17) is 9.47 Å². The molecular formula is C16H17F2N3O3. The van der Waals surface area contributed by atoms with Crippen LogP contribution in [0.1, 0.15) is 35.6 Å². The van der Waals surface area contributed by atoms with Crippen molar-refractivity contribution in [3.05, 3.63) is 41.7 Å². The van der Waals surface area contributed by atoms with Gasteiger partial charge in [-0.3, -0.25) is 4.79 Å². The molecule has 0 N–H and O–H groups in total. The van der Waals surface area contributed by atoms with E-state index in [0.29, 0.717) is 29.4 Å². The van der Waals surface area contributed by atoms with Crippen molar-refractivity contribution in [1.29, 1.82) is 0 Å². The first-order valence-corrected chi connectivity index (χ1v) is 7.47. The molecule has 1 aromatic carbocycles. The number of carbonyl (C=O) groups is 1. The fourth-order valence-electron chi connectivity index (χ4n) is 2.46. The highest BCUT2D eigenvalue weighted by Gasteiger charge is 2.23. The molecule has 2 heterocycles. The van der Waals surface area contributed by atoms with E-state index in [9.17, 15) is 13.6 Å². The molecule has 6 nitrogen and oxygen atoms in total. The minimum Gasteiger partial charge on any atom is -0.486 e. The highest BCUT2D eigenvalue weighted by atomic mass is 19.3. The summed E-state index contributed by atoms with van der Waals surface area (Å²) >= 11 is 0. The number of rotatable bonds is 4. The lowest BCUT2D eigenvalue weighted by atomic mass is 10.1. The lowest BCUT2D eigenvalue weighted by molar-refractivity contribution is 0.0550. The molecule has 0 saturated heterocycles. The SMILES string of the molecule is C[C@@H](c1ccc2c(c1)OCCO2)N(C)C(=O)c1ccn(C(F)F)n1. The Labute approximate surface area is 137 Å². The average Bonchev–Trinajstić information content (AvgIpc) is 3.09. The van der Waals surface area contributed by atoms with Crippen molar-refractivity contribution in [2.24, 2.45) is 0 Å². The van der Waals surface area contributed by atoms with Gasteiger partial charge in [-0.05, 0) is 30.7 Å². The normalized spacial score (nSPS) is 14.5. The molecule has 3 rings (SSSR count). The summed E-state index contributed by atoms with van der Waals surface area (Å²) in [5, 5.41) is 3.61. The Morgan fingerprint density at radius 1 is 1.25 bits per heavy atom. The number of carbonyl (C=O) groups excluding carboxylic acids is 1. The summed E-state index contributed by atoms with van der Waals surface area (Å²) in [6, 6.07) is 6.46. The Bertz CT molecular complexity index is 748. The van der Waals surface area contributed by atoms with E-state index in [1.54, 1.807) is 13.1 Å². The molecule has 2 aromatic rings. The summed E-state index contributed by atoms with van der Waals surface area (Å²) in [7, 11) is 1.60. The highest BCUT2D eigenvalue weighted by Crippen LogP contribution is 2.34. The van der Waals surface area contributed by atoms with Gasteiger partial charge in [0, 0.05) is 13.2 Å². The number of alkyl halides is 2. The number of hydrogen-bond acceptors (Lipinski definition) is 4. The summed E-state index contributed by atoms with van der Waals surface area (Å²) in [5.41, 5.74) is 0.825.